The van der Waals surface area contributed by atoms with Crippen molar-refractivity contribution in [2.75, 3.05) is 18.1 Å². The first-order valence-corrected chi connectivity index (χ1v) is 8.40. The van der Waals surface area contributed by atoms with Crippen LogP contribution in [0.25, 0.3) is 0 Å². The molecule has 1 aromatic rings. The molecular formula is C18H23N3O5. The molecule has 1 aliphatic rings. The summed E-state index contributed by atoms with van der Waals surface area (Å²) in [6.45, 7) is 5.08. The van der Waals surface area contributed by atoms with Crippen LogP contribution in [-0.2, 0) is 19.1 Å². The first-order valence-electron chi connectivity index (χ1n) is 8.40. The Bertz CT molecular complexity index is 699. The fourth-order valence-corrected chi connectivity index (χ4v) is 2.56. The zero-order chi connectivity index (χ0) is 19.3. The normalized spacial score (nSPS) is 16.5. The number of ether oxygens (including phenoxy) is 1. The monoisotopic (exact) mass is 361 g/mol. The number of carbonyl (C=O) groups excluding carboxylic acids is 4. The number of nitrogens with zero attached hydrogens (tertiary/aromatic N) is 1. The van der Waals surface area contributed by atoms with Crippen LogP contribution in [-0.4, -0.2) is 43.0 Å². The van der Waals surface area contributed by atoms with E-state index in [-0.39, 0.29) is 24.9 Å². The number of rotatable bonds is 5. The van der Waals surface area contributed by atoms with Gasteiger partial charge < -0.3 is 15.0 Å². The van der Waals surface area contributed by atoms with Crippen LogP contribution in [0.5, 0.6) is 0 Å². The number of amides is 4. The Morgan fingerprint density at radius 2 is 1.88 bits per heavy atom. The Hall–Kier alpha value is -2.90. The molecule has 8 heteroatoms. The van der Waals surface area contributed by atoms with Gasteiger partial charge in [0.15, 0.2) is 6.61 Å². The molecule has 0 aromatic heterocycles. The molecule has 8 nitrogen and oxygen atoms in total. The number of nitrogens with one attached hydrogen (secondary N) is 2. The molecule has 1 fully saturated rings. The summed E-state index contributed by atoms with van der Waals surface area (Å²) < 4.78 is 4.94. The summed E-state index contributed by atoms with van der Waals surface area (Å²) in [5, 5.41) is 4.55. The van der Waals surface area contributed by atoms with Crippen molar-refractivity contribution in [1.82, 2.24) is 10.6 Å². The lowest BCUT2D eigenvalue weighted by atomic mass is 10.1. The third kappa shape index (κ3) is 5.30. The van der Waals surface area contributed by atoms with Crippen molar-refractivity contribution >= 4 is 29.5 Å². The minimum absolute atomic E-state index is 0.0299. The van der Waals surface area contributed by atoms with Gasteiger partial charge in [-0.05, 0) is 32.9 Å². The molecule has 0 radical (unpaired) electrons. The minimum atomic E-state index is -0.726. The highest BCUT2D eigenvalue weighted by Gasteiger charge is 2.36. The first-order chi connectivity index (χ1) is 12.3. The van der Waals surface area contributed by atoms with Gasteiger partial charge in [-0.3, -0.25) is 19.7 Å². The Kier molecular flexibility index (Phi) is 6.32. The van der Waals surface area contributed by atoms with E-state index in [4.69, 9.17) is 4.74 Å². The number of imide groups is 1. The smallest absolute Gasteiger partial charge is 0.321 e. The van der Waals surface area contributed by atoms with Gasteiger partial charge >= 0.3 is 12.0 Å². The summed E-state index contributed by atoms with van der Waals surface area (Å²) in [5.41, 5.74) is 1.79. The Labute approximate surface area is 151 Å². The topological polar surface area (TPSA) is 105 Å². The van der Waals surface area contributed by atoms with Gasteiger partial charge in [0.25, 0.3) is 5.91 Å². The lowest BCUT2D eigenvalue weighted by molar-refractivity contribution is -0.152. The van der Waals surface area contributed by atoms with Crippen molar-refractivity contribution in [2.45, 2.75) is 33.2 Å². The van der Waals surface area contributed by atoms with E-state index < -0.39 is 30.4 Å². The highest BCUT2D eigenvalue weighted by molar-refractivity contribution is 6.00. The number of hydrogen-bond donors (Lipinski definition) is 2. The number of esters is 1. The predicted molar refractivity (Wildman–Crippen MR) is 94.4 cm³/mol. The van der Waals surface area contributed by atoms with Crippen LogP contribution >= 0.6 is 0 Å². The second-order valence-corrected chi connectivity index (χ2v) is 6.52. The standard InChI is InChI=1S/C18H23N3O5/c1-11(2)19-18(25)20-15(22)10-26-17(24)13-8-16(23)21(9-13)14-6-4-12(3)5-7-14/h4-7,11,13H,8-10H2,1-3H3,(H2,19,20,22,25)/t13-/m0/s1. The van der Waals surface area contributed by atoms with Crippen molar-refractivity contribution in [2.24, 2.45) is 5.92 Å². The van der Waals surface area contributed by atoms with Crippen molar-refractivity contribution in [3.8, 4) is 0 Å². The molecule has 1 aromatic carbocycles. The molecule has 0 unspecified atom stereocenters. The van der Waals surface area contributed by atoms with Gasteiger partial charge in [0.05, 0.1) is 5.92 Å². The van der Waals surface area contributed by atoms with Crippen LogP contribution < -0.4 is 15.5 Å². The summed E-state index contributed by atoms with van der Waals surface area (Å²) >= 11 is 0. The molecule has 0 bridgehead atoms. The Morgan fingerprint density at radius 3 is 2.50 bits per heavy atom. The maximum Gasteiger partial charge on any atom is 0.321 e. The van der Waals surface area contributed by atoms with E-state index >= 15 is 0 Å². The van der Waals surface area contributed by atoms with Crippen molar-refractivity contribution in [3.63, 3.8) is 0 Å². The van der Waals surface area contributed by atoms with Crippen LogP contribution in [0.1, 0.15) is 25.8 Å². The highest BCUT2D eigenvalue weighted by atomic mass is 16.5. The zero-order valence-electron chi connectivity index (χ0n) is 15.1. The number of anilines is 1. The maximum atomic E-state index is 12.1. The highest BCUT2D eigenvalue weighted by Crippen LogP contribution is 2.26. The van der Waals surface area contributed by atoms with E-state index in [1.807, 2.05) is 31.2 Å². The maximum absolute atomic E-state index is 12.1. The van der Waals surface area contributed by atoms with E-state index in [9.17, 15) is 19.2 Å². The number of urea groups is 1. The van der Waals surface area contributed by atoms with Gasteiger partial charge in [-0.25, -0.2) is 4.79 Å². The van der Waals surface area contributed by atoms with E-state index in [0.29, 0.717) is 0 Å². The van der Waals surface area contributed by atoms with Gasteiger partial charge in [-0.15, -0.1) is 0 Å². The average molecular weight is 361 g/mol. The molecule has 26 heavy (non-hydrogen) atoms. The first kappa shape index (κ1) is 19.4. The van der Waals surface area contributed by atoms with Gasteiger partial charge in [0, 0.05) is 24.7 Å². The van der Waals surface area contributed by atoms with E-state index in [1.54, 1.807) is 13.8 Å². The van der Waals surface area contributed by atoms with Crippen molar-refractivity contribution in [3.05, 3.63) is 29.8 Å². The lowest BCUT2D eigenvalue weighted by Gasteiger charge is -2.16. The van der Waals surface area contributed by atoms with Crippen LogP contribution in [0.3, 0.4) is 0 Å². The fourth-order valence-electron chi connectivity index (χ4n) is 2.56. The molecule has 1 atom stereocenters. The molecule has 4 amide bonds. The average Bonchev–Trinajstić information content (AvgIpc) is 2.94. The molecule has 0 aliphatic carbocycles. The van der Waals surface area contributed by atoms with E-state index in [1.165, 1.54) is 4.90 Å². The summed E-state index contributed by atoms with van der Waals surface area (Å²) in [6, 6.07) is 6.65. The van der Waals surface area contributed by atoms with Crippen molar-refractivity contribution < 1.29 is 23.9 Å². The third-order valence-electron chi connectivity index (χ3n) is 3.82. The molecule has 1 aliphatic heterocycles. The van der Waals surface area contributed by atoms with Gasteiger partial charge in [-0.1, -0.05) is 17.7 Å². The largest absolute Gasteiger partial charge is 0.455 e. The van der Waals surface area contributed by atoms with Crippen LogP contribution in [0.4, 0.5) is 10.5 Å². The fraction of sp³-hybridized carbons (Fsp3) is 0.444. The number of benzene rings is 1. The second-order valence-electron chi connectivity index (χ2n) is 6.52. The predicted octanol–water partition coefficient (Wildman–Crippen LogP) is 1.13. The number of aryl methyl sites for hydroxylation is 1. The zero-order valence-corrected chi connectivity index (χ0v) is 15.1. The molecule has 0 saturated carbocycles. The number of carbonyl (C=O) groups is 4. The minimum Gasteiger partial charge on any atom is -0.455 e. The summed E-state index contributed by atoms with van der Waals surface area (Å²) in [6.07, 6.45) is 0.0299. The second kappa shape index (κ2) is 8.46. The lowest BCUT2D eigenvalue weighted by Crippen LogP contribution is -2.44. The van der Waals surface area contributed by atoms with E-state index in [2.05, 4.69) is 10.6 Å². The van der Waals surface area contributed by atoms with Gasteiger partial charge in [0.1, 0.15) is 0 Å². The molecule has 2 rings (SSSR count). The van der Waals surface area contributed by atoms with E-state index in [0.717, 1.165) is 11.3 Å². The molecule has 0 spiro atoms. The Morgan fingerprint density at radius 1 is 1.23 bits per heavy atom. The molecular weight excluding hydrogens is 338 g/mol. The van der Waals surface area contributed by atoms with Gasteiger partial charge in [0.2, 0.25) is 5.91 Å². The SMILES string of the molecule is Cc1ccc(N2C[C@@H](C(=O)OCC(=O)NC(=O)NC(C)C)CC2=O)cc1. The van der Waals surface area contributed by atoms with Crippen LogP contribution in [0.2, 0.25) is 0 Å². The van der Waals surface area contributed by atoms with Crippen LogP contribution in [0.15, 0.2) is 24.3 Å². The third-order valence-corrected chi connectivity index (χ3v) is 3.82. The van der Waals surface area contributed by atoms with Crippen LogP contribution in [0, 0.1) is 12.8 Å². The molecule has 1 heterocycles. The van der Waals surface area contributed by atoms with Crippen molar-refractivity contribution in [1.29, 1.82) is 0 Å². The summed E-state index contributed by atoms with van der Waals surface area (Å²) in [5.74, 6) is -2.17. The summed E-state index contributed by atoms with van der Waals surface area (Å²) in [4.78, 5) is 48.8. The van der Waals surface area contributed by atoms with Gasteiger partial charge in [-0.2, -0.15) is 0 Å². The quantitative estimate of drug-likeness (QED) is 0.765. The summed E-state index contributed by atoms with van der Waals surface area (Å²) in [7, 11) is 0. The molecule has 140 valence electrons. The Balaban J connectivity index is 1.83. The molecule has 2 N–H and O–H groups in total. The molecule has 1 saturated heterocycles. The number of hydrogen-bond acceptors (Lipinski definition) is 5.